The fourth-order valence-corrected chi connectivity index (χ4v) is 1.51. The highest BCUT2D eigenvalue weighted by Crippen LogP contribution is 2.11. The van der Waals surface area contributed by atoms with Gasteiger partial charge < -0.3 is 5.43 Å². The standard InChI is InChI=1S/C10H14N6/c1-2-3-9-12-4-5-16(9)10-6-8(15-11)13-7-14-10/h4-7H,2-3,11H2,1H3,(H,13,14,15). The third-order valence-corrected chi connectivity index (χ3v) is 2.24. The predicted molar refractivity (Wildman–Crippen MR) is 61.0 cm³/mol. The molecule has 6 nitrogen and oxygen atoms in total. The van der Waals surface area contributed by atoms with Gasteiger partial charge in [-0.1, -0.05) is 6.92 Å². The van der Waals surface area contributed by atoms with E-state index < -0.39 is 0 Å². The SMILES string of the molecule is CCCc1nccn1-c1cc(NN)ncn1. The molecular formula is C10H14N6. The van der Waals surface area contributed by atoms with Crippen LogP contribution in [0, 0.1) is 0 Å². The van der Waals surface area contributed by atoms with Crippen molar-refractivity contribution in [2.24, 2.45) is 5.84 Å². The van der Waals surface area contributed by atoms with Crippen LogP contribution in [-0.4, -0.2) is 19.5 Å². The molecule has 0 saturated heterocycles. The first-order valence-electron chi connectivity index (χ1n) is 5.16. The molecule has 3 N–H and O–H groups in total. The number of anilines is 1. The first kappa shape index (κ1) is 10.6. The molecule has 0 aromatic carbocycles. The van der Waals surface area contributed by atoms with Crippen LogP contribution in [0.15, 0.2) is 24.8 Å². The highest BCUT2D eigenvalue weighted by molar-refractivity contribution is 5.39. The predicted octanol–water partition coefficient (Wildman–Crippen LogP) is 0.900. The van der Waals surface area contributed by atoms with E-state index in [2.05, 4.69) is 27.3 Å². The van der Waals surface area contributed by atoms with Gasteiger partial charge in [-0.15, -0.1) is 0 Å². The molecule has 0 spiro atoms. The Morgan fingerprint density at radius 3 is 3.00 bits per heavy atom. The summed E-state index contributed by atoms with van der Waals surface area (Å²) in [6, 6.07) is 1.78. The van der Waals surface area contributed by atoms with Crippen molar-refractivity contribution in [1.82, 2.24) is 19.5 Å². The number of hydrogen-bond acceptors (Lipinski definition) is 5. The molecule has 0 aliphatic heterocycles. The van der Waals surface area contributed by atoms with Gasteiger partial charge in [0.1, 0.15) is 23.8 Å². The summed E-state index contributed by atoms with van der Waals surface area (Å²) in [5.41, 5.74) is 2.50. The van der Waals surface area contributed by atoms with Gasteiger partial charge in [0.25, 0.3) is 0 Å². The summed E-state index contributed by atoms with van der Waals surface area (Å²) in [5.74, 6) is 7.65. The minimum absolute atomic E-state index is 0.584. The van der Waals surface area contributed by atoms with Crippen molar-refractivity contribution in [3.8, 4) is 5.82 Å². The van der Waals surface area contributed by atoms with Gasteiger partial charge in [-0.25, -0.2) is 20.8 Å². The molecule has 84 valence electrons. The van der Waals surface area contributed by atoms with Crippen molar-refractivity contribution in [2.45, 2.75) is 19.8 Å². The first-order valence-corrected chi connectivity index (χ1v) is 5.16. The van der Waals surface area contributed by atoms with E-state index in [9.17, 15) is 0 Å². The lowest BCUT2D eigenvalue weighted by molar-refractivity contribution is 0.796. The molecule has 0 bridgehead atoms. The Hall–Kier alpha value is -1.95. The molecule has 0 saturated carbocycles. The topological polar surface area (TPSA) is 81.7 Å². The largest absolute Gasteiger partial charge is 0.308 e. The van der Waals surface area contributed by atoms with Gasteiger partial charge in [0, 0.05) is 24.9 Å². The zero-order chi connectivity index (χ0) is 11.4. The Morgan fingerprint density at radius 1 is 1.38 bits per heavy atom. The lowest BCUT2D eigenvalue weighted by Gasteiger charge is -2.06. The van der Waals surface area contributed by atoms with Gasteiger partial charge in [-0.3, -0.25) is 4.57 Å². The van der Waals surface area contributed by atoms with Crippen LogP contribution < -0.4 is 11.3 Å². The second kappa shape index (κ2) is 4.71. The monoisotopic (exact) mass is 218 g/mol. The molecule has 2 rings (SSSR count). The normalized spacial score (nSPS) is 10.4. The maximum Gasteiger partial charge on any atom is 0.145 e. The van der Waals surface area contributed by atoms with Crippen molar-refractivity contribution < 1.29 is 0 Å². The third-order valence-electron chi connectivity index (χ3n) is 2.24. The van der Waals surface area contributed by atoms with E-state index in [1.54, 1.807) is 12.3 Å². The van der Waals surface area contributed by atoms with Gasteiger partial charge >= 0.3 is 0 Å². The van der Waals surface area contributed by atoms with E-state index in [0.29, 0.717) is 5.82 Å². The smallest absolute Gasteiger partial charge is 0.145 e. The van der Waals surface area contributed by atoms with E-state index in [0.717, 1.165) is 24.5 Å². The Kier molecular flexibility index (Phi) is 3.11. The highest BCUT2D eigenvalue weighted by atomic mass is 15.3. The van der Waals surface area contributed by atoms with Crippen LogP contribution >= 0.6 is 0 Å². The summed E-state index contributed by atoms with van der Waals surface area (Å²) < 4.78 is 1.94. The molecule has 0 aliphatic rings. The Bertz CT molecular complexity index is 464. The molecule has 6 heteroatoms. The summed E-state index contributed by atoms with van der Waals surface area (Å²) in [6.07, 6.45) is 7.09. The zero-order valence-corrected chi connectivity index (χ0v) is 9.09. The first-order chi connectivity index (χ1) is 7.85. The number of nitrogens with two attached hydrogens (primary N) is 1. The molecule has 0 radical (unpaired) electrons. The van der Waals surface area contributed by atoms with Crippen LogP contribution in [0.1, 0.15) is 19.2 Å². The number of rotatable bonds is 4. The van der Waals surface area contributed by atoms with E-state index in [-0.39, 0.29) is 0 Å². The molecule has 16 heavy (non-hydrogen) atoms. The van der Waals surface area contributed by atoms with Gasteiger partial charge in [0.15, 0.2) is 0 Å². The summed E-state index contributed by atoms with van der Waals surface area (Å²) in [6.45, 7) is 2.12. The molecular weight excluding hydrogens is 204 g/mol. The molecule has 0 unspecified atom stereocenters. The minimum atomic E-state index is 0.584. The lowest BCUT2D eigenvalue weighted by atomic mass is 10.3. The Labute approximate surface area is 93.5 Å². The quantitative estimate of drug-likeness (QED) is 0.588. The molecule has 0 aliphatic carbocycles. The van der Waals surface area contributed by atoms with Crippen molar-refractivity contribution >= 4 is 5.82 Å². The summed E-state index contributed by atoms with van der Waals surface area (Å²) >= 11 is 0. The van der Waals surface area contributed by atoms with Crippen molar-refractivity contribution in [3.05, 3.63) is 30.6 Å². The van der Waals surface area contributed by atoms with Crippen molar-refractivity contribution in [2.75, 3.05) is 5.43 Å². The van der Waals surface area contributed by atoms with E-state index >= 15 is 0 Å². The molecule has 0 amide bonds. The maximum absolute atomic E-state index is 5.30. The zero-order valence-electron chi connectivity index (χ0n) is 9.09. The molecule has 0 atom stereocenters. The molecule has 0 fully saturated rings. The van der Waals surface area contributed by atoms with Crippen LogP contribution in [0.2, 0.25) is 0 Å². The average Bonchev–Trinajstić information content (AvgIpc) is 2.78. The second-order valence-electron chi connectivity index (χ2n) is 3.37. The number of aryl methyl sites for hydroxylation is 1. The lowest BCUT2D eigenvalue weighted by Crippen LogP contribution is -2.10. The van der Waals surface area contributed by atoms with Gasteiger partial charge in [-0.05, 0) is 6.42 Å². The van der Waals surface area contributed by atoms with Crippen molar-refractivity contribution in [1.29, 1.82) is 0 Å². The Morgan fingerprint density at radius 2 is 2.25 bits per heavy atom. The van der Waals surface area contributed by atoms with Crippen molar-refractivity contribution in [3.63, 3.8) is 0 Å². The number of nitrogens with zero attached hydrogens (tertiary/aromatic N) is 4. The number of nitrogen functional groups attached to an aromatic ring is 1. The van der Waals surface area contributed by atoms with E-state index in [1.165, 1.54) is 6.33 Å². The second-order valence-corrected chi connectivity index (χ2v) is 3.37. The van der Waals surface area contributed by atoms with Gasteiger partial charge in [0.05, 0.1) is 0 Å². The van der Waals surface area contributed by atoms with Crippen LogP contribution in [0.25, 0.3) is 5.82 Å². The fourth-order valence-electron chi connectivity index (χ4n) is 1.51. The number of imidazole rings is 1. The minimum Gasteiger partial charge on any atom is -0.308 e. The van der Waals surface area contributed by atoms with Gasteiger partial charge in [0.2, 0.25) is 0 Å². The molecule has 2 aromatic heterocycles. The average molecular weight is 218 g/mol. The Balaban J connectivity index is 2.37. The highest BCUT2D eigenvalue weighted by Gasteiger charge is 2.05. The fraction of sp³-hybridized carbons (Fsp3) is 0.300. The van der Waals surface area contributed by atoms with Gasteiger partial charge in [-0.2, -0.15) is 0 Å². The van der Waals surface area contributed by atoms with Crippen LogP contribution in [-0.2, 0) is 6.42 Å². The number of aromatic nitrogens is 4. The maximum atomic E-state index is 5.30. The van der Waals surface area contributed by atoms with Crippen LogP contribution in [0.3, 0.4) is 0 Å². The van der Waals surface area contributed by atoms with E-state index in [1.807, 2.05) is 10.8 Å². The number of hydrazine groups is 1. The third kappa shape index (κ3) is 2.01. The van der Waals surface area contributed by atoms with Crippen LogP contribution in [0.5, 0.6) is 0 Å². The summed E-state index contributed by atoms with van der Waals surface area (Å²) in [7, 11) is 0. The molecule has 2 aromatic rings. The van der Waals surface area contributed by atoms with E-state index in [4.69, 9.17) is 5.84 Å². The summed E-state index contributed by atoms with van der Waals surface area (Å²) in [4.78, 5) is 12.4. The number of nitrogens with one attached hydrogen (secondary N) is 1. The van der Waals surface area contributed by atoms with Crippen LogP contribution in [0.4, 0.5) is 5.82 Å². The summed E-state index contributed by atoms with van der Waals surface area (Å²) in [5, 5.41) is 0. The molecule has 2 heterocycles. The number of hydrogen-bond donors (Lipinski definition) is 2.